The summed E-state index contributed by atoms with van der Waals surface area (Å²) in [5, 5.41) is 0. The summed E-state index contributed by atoms with van der Waals surface area (Å²) in [6.45, 7) is 5.28. The molecule has 1 aliphatic rings. The zero-order valence-electron chi connectivity index (χ0n) is 9.33. The van der Waals surface area contributed by atoms with E-state index in [-0.39, 0.29) is 0 Å². The van der Waals surface area contributed by atoms with Crippen LogP contribution in [0.15, 0.2) is 24.3 Å². The molecule has 0 heterocycles. The Hall–Kier alpha value is -1.26. The van der Waals surface area contributed by atoms with E-state index in [0.29, 0.717) is 17.3 Å². The number of benzene rings is 1. The summed E-state index contributed by atoms with van der Waals surface area (Å²) < 4.78 is 0. The van der Waals surface area contributed by atoms with Gasteiger partial charge in [0, 0.05) is 5.56 Å². The van der Waals surface area contributed by atoms with Crippen LogP contribution in [0.1, 0.15) is 30.9 Å². The highest BCUT2D eigenvalue weighted by Crippen LogP contribution is 2.64. The van der Waals surface area contributed by atoms with Gasteiger partial charge in [0.25, 0.3) is 0 Å². The predicted octanol–water partition coefficient (Wildman–Crippen LogP) is 2.37. The fourth-order valence-corrected chi connectivity index (χ4v) is 2.70. The molecule has 1 aliphatic carbocycles. The molecular formula is C14H17N. The van der Waals surface area contributed by atoms with E-state index in [1.54, 1.807) is 0 Å². The predicted molar refractivity (Wildman–Crippen MR) is 63.4 cm³/mol. The van der Waals surface area contributed by atoms with E-state index in [1.807, 2.05) is 12.1 Å². The first-order valence-electron chi connectivity index (χ1n) is 5.38. The molecule has 0 spiro atoms. The molecule has 1 nitrogen and oxygen atoms in total. The van der Waals surface area contributed by atoms with Gasteiger partial charge in [0.2, 0.25) is 0 Å². The summed E-state index contributed by atoms with van der Waals surface area (Å²) in [6, 6.07) is 8.19. The van der Waals surface area contributed by atoms with Crippen molar-refractivity contribution in [2.24, 2.45) is 17.1 Å². The minimum atomic E-state index is 0.307. The summed E-state index contributed by atoms with van der Waals surface area (Å²) in [5.41, 5.74) is 8.40. The van der Waals surface area contributed by atoms with Gasteiger partial charge in [0.05, 0.1) is 0 Å². The van der Waals surface area contributed by atoms with Crippen LogP contribution in [0.4, 0.5) is 0 Å². The van der Waals surface area contributed by atoms with Crippen molar-refractivity contribution in [1.82, 2.24) is 0 Å². The van der Waals surface area contributed by atoms with Gasteiger partial charge in [-0.2, -0.15) is 0 Å². The Bertz CT molecular complexity index is 412. The van der Waals surface area contributed by atoms with E-state index in [2.05, 4.69) is 31.9 Å². The van der Waals surface area contributed by atoms with Gasteiger partial charge in [-0.05, 0) is 35.4 Å². The van der Waals surface area contributed by atoms with Gasteiger partial charge in [-0.15, -0.1) is 6.42 Å². The fourth-order valence-electron chi connectivity index (χ4n) is 2.70. The zero-order valence-corrected chi connectivity index (χ0v) is 9.33. The first-order chi connectivity index (χ1) is 7.12. The highest BCUT2D eigenvalue weighted by Gasteiger charge is 2.57. The van der Waals surface area contributed by atoms with Crippen LogP contribution in [0.3, 0.4) is 0 Å². The quantitative estimate of drug-likeness (QED) is 0.727. The van der Waals surface area contributed by atoms with E-state index in [4.69, 9.17) is 12.2 Å². The van der Waals surface area contributed by atoms with Crippen LogP contribution < -0.4 is 5.73 Å². The van der Waals surface area contributed by atoms with Gasteiger partial charge < -0.3 is 5.73 Å². The standard InChI is InChI=1S/C14H17N/c1-4-10-7-5-6-8-11(10)13-12(9-15)14(13,2)3/h1,5-8,12-13H,9,15H2,2-3H3. The van der Waals surface area contributed by atoms with Crippen molar-refractivity contribution < 1.29 is 0 Å². The molecule has 1 heteroatoms. The van der Waals surface area contributed by atoms with Gasteiger partial charge in [0.15, 0.2) is 0 Å². The van der Waals surface area contributed by atoms with Crippen molar-refractivity contribution >= 4 is 0 Å². The lowest BCUT2D eigenvalue weighted by atomic mass is 9.98. The number of hydrogen-bond donors (Lipinski definition) is 1. The van der Waals surface area contributed by atoms with Gasteiger partial charge >= 0.3 is 0 Å². The first kappa shape index (κ1) is 10.3. The molecule has 2 rings (SSSR count). The maximum atomic E-state index is 5.78. The van der Waals surface area contributed by atoms with E-state index in [1.165, 1.54) is 5.56 Å². The lowest BCUT2D eigenvalue weighted by Gasteiger charge is -2.05. The Morgan fingerprint density at radius 1 is 1.40 bits per heavy atom. The number of hydrogen-bond acceptors (Lipinski definition) is 1. The Morgan fingerprint density at radius 2 is 2.07 bits per heavy atom. The molecule has 0 bridgehead atoms. The maximum absolute atomic E-state index is 5.78. The van der Waals surface area contributed by atoms with Gasteiger partial charge in [-0.1, -0.05) is 38.0 Å². The molecule has 1 saturated carbocycles. The molecule has 0 aromatic heterocycles. The zero-order chi connectivity index (χ0) is 11.1. The molecule has 0 aliphatic heterocycles. The average Bonchev–Trinajstić information content (AvgIpc) is 2.80. The van der Waals surface area contributed by atoms with Crippen LogP contribution >= 0.6 is 0 Å². The Labute approximate surface area is 91.7 Å². The molecule has 15 heavy (non-hydrogen) atoms. The highest BCUT2D eigenvalue weighted by molar-refractivity contribution is 5.46. The molecule has 1 fully saturated rings. The van der Waals surface area contributed by atoms with Crippen molar-refractivity contribution in [2.75, 3.05) is 6.54 Å². The second-order valence-corrected chi connectivity index (χ2v) is 4.87. The lowest BCUT2D eigenvalue weighted by molar-refractivity contribution is 0.558. The smallest absolute Gasteiger partial charge is 0.0277 e. The average molecular weight is 199 g/mol. The van der Waals surface area contributed by atoms with Crippen molar-refractivity contribution in [2.45, 2.75) is 19.8 Å². The normalized spacial score (nSPS) is 27.1. The molecule has 78 valence electrons. The molecule has 1 aromatic rings. The Kier molecular flexibility index (Phi) is 2.32. The van der Waals surface area contributed by atoms with Gasteiger partial charge in [-0.25, -0.2) is 0 Å². The third-order valence-electron chi connectivity index (χ3n) is 3.76. The largest absolute Gasteiger partial charge is 0.330 e. The van der Waals surface area contributed by atoms with E-state index in [0.717, 1.165) is 12.1 Å². The molecule has 0 radical (unpaired) electrons. The second kappa shape index (κ2) is 3.40. The topological polar surface area (TPSA) is 26.0 Å². The Morgan fingerprint density at radius 3 is 2.60 bits per heavy atom. The van der Waals surface area contributed by atoms with E-state index >= 15 is 0 Å². The minimum Gasteiger partial charge on any atom is -0.330 e. The van der Waals surface area contributed by atoms with Crippen LogP contribution in [0.2, 0.25) is 0 Å². The minimum absolute atomic E-state index is 0.307. The third-order valence-corrected chi connectivity index (χ3v) is 3.76. The molecule has 2 N–H and O–H groups in total. The van der Waals surface area contributed by atoms with E-state index < -0.39 is 0 Å². The summed E-state index contributed by atoms with van der Waals surface area (Å²) >= 11 is 0. The molecular weight excluding hydrogens is 182 g/mol. The monoisotopic (exact) mass is 199 g/mol. The molecule has 2 unspecified atom stereocenters. The van der Waals surface area contributed by atoms with E-state index in [9.17, 15) is 0 Å². The SMILES string of the molecule is C#Cc1ccccc1C1C(CN)C1(C)C. The number of terminal acetylenes is 1. The summed E-state index contributed by atoms with van der Waals surface area (Å²) in [4.78, 5) is 0. The van der Waals surface area contributed by atoms with Crippen LogP contribution in [0.5, 0.6) is 0 Å². The fraction of sp³-hybridized carbons (Fsp3) is 0.429. The maximum Gasteiger partial charge on any atom is 0.0277 e. The highest BCUT2D eigenvalue weighted by atomic mass is 14.7. The second-order valence-electron chi connectivity index (χ2n) is 4.87. The first-order valence-corrected chi connectivity index (χ1v) is 5.38. The summed E-state index contributed by atoms with van der Waals surface area (Å²) in [5.74, 6) is 3.87. The van der Waals surface area contributed by atoms with Crippen molar-refractivity contribution in [3.8, 4) is 12.3 Å². The van der Waals surface area contributed by atoms with Crippen molar-refractivity contribution in [3.05, 3.63) is 35.4 Å². The van der Waals surface area contributed by atoms with Crippen LogP contribution in [-0.2, 0) is 0 Å². The lowest BCUT2D eigenvalue weighted by Crippen LogP contribution is -2.05. The molecule has 1 aromatic carbocycles. The van der Waals surface area contributed by atoms with Gasteiger partial charge in [-0.3, -0.25) is 0 Å². The van der Waals surface area contributed by atoms with Gasteiger partial charge in [0.1, 0.15) is 0 Å². The van der Waals surface area contributed by atoms with Crippen LogP contribution in [-0.4, -0.2) is 6.54 Å². The molecule has 0 amide bonds. The van der Waals surface area contributed by atoms with Crippen LogP contribution in [0.25, 0.3) is 0 Å². The molecule has 2 atom stereocenters. The third kappa shape index (κ3) is 1.46. The summed E-state index contributed by atoms with van der Waals surface area (Å²) in [7, 11) is 0. The van der Waals surface area contributed by atoms with Crippen molar-refractivity contribution in [1.29, 1.82) is 0 Å². The van der Waals surface area contributed by atoms with Crippen molar-refractivity contribution in [3.63, 3.8) is 0 Å². The Balaban J connectivity index is 2.37. The number of nitrogens with two attached hydrogens (primary N) is 1. The summed E-state index contributed by atoms with van der Waals surface area (Å²) in [6.07, 6.45) is 5.51. The molecule has 0 saturated heterocycles. The van der Waals surface area contributed by atoms with Crippen LogP contribution in [0, 0.1) is 23.7 Å². The number of rotatable bonds is 2.